The van der Waals surface area contributed by atoms with Crippen molar-refractivity contribution < 1.29 is 4.42 Å². The molecule has 9 heteroatoms. The van der Waals surface area contributed by atoms with Gasteiger partial charge in [-0.25, -0.2) is 0 Å². The average Bonchev–Trinajstić information content (AvgIpc) is 3.36. The number of nitrogens with one attached hydrogen (secondary N) is 1. The number of rotatable bonds is 6. The molecule has 0 radical (unpaired) electrons. The molecule has 0 aliphatic heterocycles. The number of hydrogen-bond acceptors (Lipinski definition) is 9. The molecule has 4 aromatic rings. The Hall–Kier alpha value is -2.23. The topological polar surface area (TPSA) is 76.7 Å². The Balaban J connectivity index is 1.36. The van der Waals surface area contributed by atoms with Gasteiger partial charge in [0.05, 0.1) is 10.6 Å². The van der Waals surface area contributed by atoms with Crippen LogP contribution in [0.15, 0.2) is 50.5 Å². The van der Waals surface area contributed by atoms with Crippen LogP contribution in [0.2, 0.25) is 0 Å². The van der Waals surface area contributed by atoms with Crippen molar-refractivity contribution in [1.82, 2.24) is 20.4 Å². The van der Waals surface area contributed by atoms with Gasteiger partial charge in [-0.2, -0.15) is 0 Å². The predicted octanol–water partition coefficient (Wildman–Crippen LogP) is 4.99. The van der Waals surface area contributed by atoms with Gasteiger partial charge in [0, 0.05) is 5.69 Å². The molecular formula is C16H13N5OS3. The van der Waals surface area contributed by atoms with E-state index in [2.05, 4.69) is 44.8 Å². The predicted molar refractivity (Wildman–Crippen MR) is 102 cm³/mol. The lowest BCUT2D eigenvalue weighted by Gasteiger charge is -2.01. The van der Waals surface area contributed by atoms with E-state index in [-0.39, 0.29) is 0 Å². The molecule has 4 rings (SSSR count). The van der Waals surface area contributed by atoms with Crippen molar-refractivity contribution in [2.45, 2.75) is 17.0 Å². The third-order valence-corrected chi connectivity index (χ3v) is 6.04. The molecule has 0 fully saturated rings. The summed E-state index contributed by atoms with van der Waals surface area (Å²) < 4.78 is 6.52. The third-order valence-electron chi connectivity index (χ3n) is 3.23. The fourth-order valence-electron chi connectivity index (χ4n) is 2.01. The van der Waals surface area contributed by atoms with Crippen LogP contribution in [-0.2, 0) is 5.75 Å². The smallest absolute Gasteiger partial charge is 0.257 e. The minimum absolute atomic E-state index is 0.560. The van der Waals surface area contributed by atoms with Crippen LogP contribution >= 0.6 is 34.4 Å². The van der Waals surface area contributed by atoms with Crippen molar-refractivity contribution in [2.24, 2.45) is 0 Å². The molecule has 0 aliphatic rings. The molecule has 1 N–H and O–H groups in total. The second-order valence-electron chi connectivity index (χ2n) is 5.13. The van der Waals surface area contributed by atoms with Gasteiger partial charge in [0.2, 0.25) is 11.0 Å². The quantitative estimate of drug-likeness (QED) is 0.467. The average molecular weight is 388 g/mol. The van der Waals surface area contributed by atoms with E-state index in [0.29, 0.717) is 17.5 Å². The number of benzene rings is 1. The minimum Gasteiger partial charge on any atom is -0.419 e. The first-order chi connectivity index (χ1) is 12.3. The van der Waals surface area contributed by atoms with E-state index in [0.717, 1.165) is 20.0 Å². The van der Waals surface area contributed by atoms with E-state index in [1.807, 2.05) is 29.6 Å². The lowest BCUT2D eigenvalue weighted by Crippen LogP contribution is -1.88. The van der Waals surface area contributed by atoms with Crippen LogP contribution in [0.1, 0.15) is 11.5 Å². The normalized spacial score (nSPS) is 10.9. The summed E-state index contributed by atoms with van der Waals surface area (Å²) in [7, 11) is 0. The van der Waals surface area contributed by atoms with Crippen LogP contribution < -0.4 is 5.32 Å². The van der Waals surface area contributed by atoms with Crippen molar-refractivity contribution in [3.63, 3.8) is 0 Å². The largest absolute Gasteiger partial charge is 0.419 e. The van der Waals surface area contributed by atoms with Gasteiger partial charge in [-0.15, -0.1) is 31.7 Å². The Morgan fingerprint density at radius 2 is 1.96 bits per heavy atom. The molecule has 0 atom stereocenters. The monoisotopic (exact) mass is 387 g/mol. The van der Waals surface area contributed by atoms with Crippen LogP contribution in [0, 0.1) is 6.92 Å². The molecule has 25 heavy (non-hydrogen) atoms. The number of thioether (sulfide) groups is 1. The van der Waals surface area contributed by atoms with Crippen LogP contribution in [0.4, 0.5) is 10.8 Å². The number of nitrogens with zero attached hydrogens (tertiary/aromatic N) is 4. The highest BCUT2D eigenvalue weighted by Crippen LogP contribution is 2.30. The summed E-state index contributed by atoms with van der Waals surface area (Å²) in [6.07, 6.45) is 0. The minimum atomic E-state index is 0.560. The number of thiophene rings is 1. The molecule has 0 unspecified atom stereocenters. The molecule has 1 aromatic carbocycles. The number of aryl methyl sites for hydroxylation is 1. The molecule has 0 amide bonds. The molecule has 126 valence electrons. The van der Waals surface area contributed by atoms with Crippen molar-refractivity contribution in [1.29, 1.82) is 0 Å². The third kappa shape index (κ3) is 4.06. The Morgan fingerprint density at radius 3 is 2.76 bits per heavy atom. The van der Waals surface area contributed by atoms with Gasteiger partial charge in [-0.1, -0.05) is 46.9 Å². The maximum atomic E-state index is 5.67. The highest BCUT2D eigenvalue weighted by Gasteiger charge is 2.11. The van der Waals surface area contributed by atoms with Gasteiger partial charge in [0.25, 0.3) is 5.89 Å². The zero-order chi connectivity index (χ0) is 17.1. The van der Waals surface area contributed by atoms with E-state index in [1.54, 1.807) is 11.3 Å². The zero-order valence-electron chi connectivity index (χ0n) is 13.2. The molecule has 0 aliphatic carbocycles. The lowest BCUT2D eigenvalue weighted by molar-refractivity contribution is 0.529. The molecule has 3 heterocycles. The van der Waals surface area contributed by atoms with E-state index >= 15 is 0 Å². The van der Waals surface area contributed by atoms with Crippen LogP contribution in [0.25, 0.3) is 10.8 Å². The van der Waals surface area contributed by atoms with Gasteiger partial charge < -0.3 is 9.73 Å². The first-order valence-electron chi connectivity index (χ1n) is 7.42. The standard InChI is InChI=1S/C16H13N5OS3/c1-10-4-6-11(7-5-10)17-15-20-21-16(25-15)24-9-13-18-19-14(22-13)12-3-2-8-23-12/h2-8H,9H2,1H3,(H,17,20). The van der Waals surface area contributed by atoms with E-state index < -0.39 is 0 Å². The van der Waals surface area contributed by atoms with Gasteiger partial charge >= 0.3 is 0 Å². The van der Waals surface area contributed by atoms with Gasteiger partial charge in [-0.05, 0) is 30.5 Å². The molecule has 0 bridgehead atoms. The molecular weight excluding hydrogens is 374 g/mol. The highest BCUT2D eigenvalue weighted by atomic mass is 32.2. The second kappa shape index (κ2) is 7.34. The first-order valence-corrected chi connectivity index (χ1v) is 10.1. The maximum Gasteiger partial charge on any atom is 0.257 e. The Kier molecular flexibility index (Phi) is 4.77. The Bertz CT molecular complexity index is 946. The molecule has 0 saturated carbocycles. The summed E-state index contributed by atoms with van der Waals surface area (Å²) in [4.78, 5) is 0.976. The maximum absolute atomic E-state index is 5.67. The molecule has 3 aromatic heterocycles. The number of hydrogen-bond donors (Lipinski definition) is 1. The number of aromatic nitrogens is 4. The lowest BCUT2D eigenvalue weighted by atomic mass is 10.2. The fourth-order valence-corrected chi connectivity index (χ4v) is 4.27. The number of anilines is 2. The van der Waals surface area contributed by atoms with Crippen molar-refractivity contribution in [2.75, 3.05) is 5.32 Å². The summed E-state index contributed by atoms with van der Waals surface area (Å²) in [6, 6.07) is 12.1. The Labute approximate surface area is 156 Å². The SMILES string of the molecule is Cc1ccc(Nc2nnc(SCc3nnc(-c4cccs4)o3)s2)cc1. The molecule has 0 saturated heterocycles. The second-order valence-corrected chi connectivity index (χ2v) is 8.28. The van der Waals surface area contributed by atoms with Gasteiger partial charge in [-0.3, -0.25) is 0 Å². The fraction of sp³-hybridized carbons (Fsp3) is 0.125. The van der Waals surface area contributed by atoms with Crippen molar-refractivity contribution in [3.8, 4) is 10.8 Å². The van der Waals surface area contributed by atoms with Crippen LogP contribution in [0.5, 0.6) is 0 Å². The van der Waals surface area contributed by atoms with E-state index in [1.165, 1.54) is 28.7 Å². The summed E-state index contributed by atoms with van der Waals surface area (Å²) in [6.45, 7) is 2.06. The van der Waals surface area contributed by atoms with Crippen molar-refractivity contribution >= 4 is 45.3 Å². The van der Waals surface area contributed by atoms with Gasteiger partial charge in [0.15, 0.2) is 4.34 Å². The zero-order valence-corrected chi connectivity index (χ0v) is 15.6. The van der Waals surface area contributed by atoms with E-state index in [9.17, 15) is 0 Å². The first kappa shape index (κ1) is 16.2. The summed E-state index contributed by atoms with van der Waals surface area (Å²) in [5.74, 6) is 1.71. The Morgan fingerprint density at radius 1 is 1.08 bits per heavy atom. The van der Waals surface area contributed by atoms with E-state index in [4.69, 9.17) is 4.42 Å². The van der Waals surface area contributed by atoms with Gasteiger partial charge in [0.1, 0.15) is 0 Å². The summed E-state index contributed by atoms with van der Waals surface area (Å²) in [5.41, 5.74) is 2.22. The van der Waals surface area contributed by atoms with Crippen molar-refractivity contribution in [3.05, 3.63) is 53.2 Å². The van der Waals surface area contributed by atoms with Crippen LogP contribution in [-0.4, -0.2) is 20.4 Å². The molecule has 0 spiro atoms. The molecule has 6 nitrogen and oxygen atoms in total. The van der Waals surface area contributed by atoms with Crippen LogP contribution in [0.3, 0.4) is 0 Å². The summed E-state index contributed by atoms with van der Waals surface area (Å²) >= 11 is 4.60. The highest BCUT2D eigenvalue weighted by molar-refractivity contribution is 8.00. The summed E-state index contributed by atoms with van der Waals surface area (Å²) in [5, 5.41) is 22.5.